The number of aryl methyl sites for hydroxylation is 1. The normalized spacial score (nSPS) is 24.1. The van der Waals surface area contributed by atoms with E-state index in [4.69, 9.17) is 0 Å². The number of hydrogen-bond donors (Lipinski definition) is 0. The maximum Gasteiger partial charge on any atom is 0.227 e. The monoisotopic (exact) mass is 398 g/mol. The zero-order valence-corrected chi connectivity index (χ0v) is 18.0. The number of nitrogens with zero attached hydrogens (tertiary/aromatic N) is 8. The highest BCUT2D eigenvalue weighted by Crippen LogP contribution is 2.35. The molecule has 3 fully saturated rings. The predicted molar refractivity (Wildman–Crippen MR) is 114 cm³/mol. The minimum absolute atomic E-state index is 0.636. The zero-order valence-electron chi connectivity index (χ0n) is 18.0. The second-order valence-electron chi connectivity index (χ2n) is 9.33. The first-order valence-corrected chi connectivity index (χ1v) is 11.2. The molecule has 0 aromatic carbocycles. The number of aromatic nitrogens is 5. The van der Waals surface area contributed by atoms with Gasteiger partial charge in [-0.2, -0.15) is 5.10 Å². The fourth-order valence-corrected chi connectivity index (χ4v) is 4.85. The summed E-state index contributed by atoms with van der Waals surface area (Å²) in [6, 6.07) is 1.29. The Labute approximate surface area is 173 Å². The average Bonchev–Trinajstić information content (AvgIpc) is 3.08. The van der Waals surface area contributed by atoms with Crippen LogP contribution in [0, 0.1) is 5.92 Å². The van der Waals surface area contributed by atoms with Gasteiger partial charge in [0.15, 0.2) is 5.82 Å². The lowest BCUT2D eigenvalue weighted by Gasteiger charge is -2.39. The van der Waals surface area contributed by atoms with E-state index in [1.54, 1.807) is 0 Å². The van der Waals surface area contributed by atoms with E-state index < -0.39 is 0 Å². The molecular formula is C21H34N8. The van der Waals surface area contributed by atoms with Crippen molar-refractivity contribution in [3.63, 3.8) is 0 Å². The average molecular weight is 399 g/mol. The van der Waals surface area contributed by atoms with Gasteiger partial charge in [0.25, 0.3) is 0 Å². The van der Waals surface area contributed by atoms with Gasteiger partial charge in [-0.25, -0.2) is 0 Å². The van der Waals surface area contributed by atoms with E-state index in [0.717, 1.165) is 42.9 Å². The van der Waals surface area contributed by atoms with Crippen molar-refractivity contribution in [1.82, 2.24) is 34.3 Å². The van der Waals surface area contributed by atoms with E-state index >= 15 is 0 Å². The van der Waals surface area contributed by atoms with Crippen LogP contribution in [0.3, 0.4) is 0 Å². The van der Waals surface area contributed by atoms with E-state index in [-0.39, 0.29) is 0 Å². The molecule has 0 spiro atoms. The maximum atomic E-state index is 4.65. The van der Waals surface area contributed by atoms with Gasteiger partial charge < -0.3 is 4.90 Å². The fraction of sp³-hybridized carbons (Fsp3) is 0.762. The Balaban J connectivity index is 1.30. The maximum absolute atomic E-state index is 4.65. The molecular weight excluding hydrogens is 364 g/mol. The molecule has 0 bridgehead atoms. The van der Waals surface area contributed by atoms with Gasteiger partial charge in [-0.05, 0) is 39.0 Å². The molecule has 3 aliphatic rings. The lowest BCUT2D eigenvalue weighted by Crippen LogP contribution is -2.52. The van der Waals surface area contributed by atoms with Gasteiger partial charge >= 0.3 is 0 Å². The molecule has 0 N–H and O–H groups in total. The van der Waals surface area contributed by atoms with Gasteiger partial charge in [0.1, 0.15) is 0 Å². The first-order chi connectivity index (χ1) is 14.1. The van der Waals surface area contributed by atoms with Crippen LogP contribution in [0.5, 0.6) is 0 Å². The minimum atomic E-state index is 0.636. The topological polar surface area (TPSA) is 58.2 Å². The molecule has 0 radical (unpaired) electrons. The third kappa shape index (κ3) is 3.92. The summed E-state index contributed by atoms with van der Waals surface area (Å²) in [6.45, 7) is 12.5. The smallest absolute Gasteiger partial charge is 0.227 e. The lowest BCUT2D eigenvalue weighted by molar-refractivity contribution is 0.0842. The van der Waals surface area contributed by atoms with Crippen LogP contribution >= 0.6 is 0 Å². The summed E-state index contributed by atoms with van der Waals surface area (Å²) in [5.74, 6) is 2.80. The molecule has 1 unspecified atom stereocenters. The number of anilines is 1. The number of rotatable bonds is 6. The van der Waals surface area contributed by atoms with Gasteiger partial charge in [0.2, 0.25) is 5.95 Å². The molecule has 8 nitrogen and oxygen atoms in total. The molecule has 5 rings (SSSR count). The minimum Gasteiger partial charge on any atom is -0.339 e. The van der Waals surface area contributed by atoms with Crippen molar-refractivity contribution in [1.29, 1.82) is 0 Å². The van der Waals surface area contributed by atoms with Gasteiger partial charge in [-0.15, -0.1) is 10.2 Å². The second kappa shape index (κ2) is 7.72. The lowest BCUT2D eigenvalue weighted by atomic mass is 10.1. The Kier molecular flexibility index (Phi) is 5.07. The molecule has 29 heavy (non-hydrogen) atoms. The standard InChI is InChI=1S/C21H34N8/c1-16(2)26-8-10-27(11-9-26)19-6-7-28(15-19)21-24-23-20(18-12-22-25(3)14-18)29(21)13-17-4-5-17/h12,14,16-17,19H,4-11,13,15H2,1-3H3. The summed E-state index contributed by atoms with van der Waals surface area (Å²) in [7, 11) is 1.95. The summed E-state index contributed by atoms with van der Waals surface area (Å²) in [5.41, 5.74) is 1.06. The van der Waals surface area contributed by atoms with Crippen molar-refractivity contribution >= 4 is 5.95 Å². The molecule has 4 heterocycles. The molecule has 1 atom stereocenters. The van der Waals surface area contributed by atoms with E-state index in [9.17, 15) is 0 Å². The van der Waals surface area contributed by atoms with E-state index in [1.165, 1.54) is 45.4 Å². The predicted octanol–water partition coefficient (Wildman–Crippen LogP) is 1.69. The quantitative estimate of drug-likeness (QED) is 0.738. The van der Waals surface area contributed by atoms with Crippen molar-refractivity contribution < 1.29 is 0 Å². The highest BCUT2D eigenvalue weighted by Gasteiger charge is 2.34. The molecule has 2 saturated heterocycles. The Morgan fingerprint density at radius 3 is 2.48 bits per heavy atom. The highest BCUT2D eigenvalue weighted by atomic mass is 15.4. The van der Waals surface area contributed by atoms with Crippen LogP contribution in [0.25, 0.3) is 11.4 Å². The highest BCUT2D eigenvalue weighted by molar-refractivity contribution is 5.56. The first-order valence-electron chi connectivity index (χ1n) is 11.2. The SMILES string of the molecule is CC(C)N1CCN(C2CCN(c3nnc(-c4cnn(C)c4)n3CC3CC3)C2)CC1. The Morgan fingerprint density at radius 2 is 1.83 bits per heavy atom. The van der Waals surface area contributed by atoms with Gasteiger partial charge in [0.05, 0.1) is 11.8 Å². The van der Waals surface area contributed by atoms with E-state index in [2.05, 4.69) is 48.4 Å². The molecule has 2 aliphatic heterocycles. The van der Waals surface area contributed by atoms with E-state index in [1.807, 2.05) is 24.1 Å². The molecule has 1 aliphatic carbocycles. The third-order valence-corrected chi connectivity index (χ3v) is 6.87. The van der Waals surface area contributed by atoms with E-state index in [0.29, 0.717) is 12.1 Å². The van der Waals surface area contributed by atoms with Crippen LogP contribution in [0.2, 0.25) is 0 Å². The van der Waals surface area contributed by atoms with Crippen LogP contribution in [-0.4, -0.2) is 85.7 Å². The molecule has 2 aromatic rings. The van der Waals surface area contributed by atoms with Crippen molar-refractivity contribution in [2.24, 2.45) is 13.0 Å². The Morgan fingerprint density at radius 1 is 1.03 bits per heavy atom. The Hall–Kier alpha value is -1.93. The summed E-state index contributed by atoms with van der Waals surface area (Å²) >= 11 is 0. The zero-order chi connectivity index (χ0) is 20.0. The van der Waals surface area contributed by atoms with Crippen LogP contribution in [0.4, 0.5) is 5.95 Å². The van der Waals surface area contributed by atoms with Crippen molar-refractivity contribution in [2.75, 3.05) is 44.2 Å². The number of piperazine rings is 1. The third-order valence-electron chi connectivity index (χ3n) is 6.87. The van der Waals surface area contributed by atoms with Gasteiger partial charge in [-0.1, -0.05) is 0 Å². The second-order valence-corrected chi connectivity index (χ2v) is 9.33. The molecule has 2 aromatic heterocycles. The number of hydrogen-bond acceptors (Lipinski definition) is 6. The largest absolute Gasteiger partial charge is 0.339 e. The van der Waals surface area contributed by atoms with Gasteiger partial charge in [-0.3, -0.25) is 19.0 Å². The molecule has 0 amide bonds. The molecule has 158 valence electrons. The van der Waals surface area contributed by atoms with Crippen LogP contribution < -0.4 is 4.90 Å². The molecule has 8 heteroatoms. The summed E-state index contributed by atoms with van der Waals surface area (Å²) in [5, 5.41) is 13.6. The summed E-state index contributed by atoms with van der Waals surface area (Å²) < 4.78 is 4.20. The van der Waals surface area contributed by atoms with Crippen LogP contribution in [0.1, 0.15) is 33.1 Å². The van der Waals surface area contributed by atoms with Crippen molar-refractivity contribution in [3.05, 3.63) is 12.4 Å². The fourth-order valence-electron chi connectivity index (χ4n) is 4.85. The van der Waals surface area contributed by atoms with Crippen LogP contribution in [0.15, 0.2) is 12.4 Å². The molecule has 1 saturated carbocycles. The van der Waals surface area contributed by atoms with Gasteiger partial charge in [0, 0.05) is 71.1 Å². The first kappa shape index (κ1) is 19.1. The Bertz CT molecular complexity index is 828. The summed E-state index contributed by atoms with van der Waals surface area (Å²) in [4.78, 5) is 7.76. The van der Waals surface area contributed by atoms with Crippen molar-refractivity contribution in [3.8, 4) is 11.4 Å². The van der Waals surface area contributed by atoms with Crippen molar-refractivity contribution in [2.45, 2.75) is 51.7 Å². The van der Waals surface area contributed by atoms with Crippen LogP contribution in [-0.2, 0) is 13.6 Å². The summed E-state index contributed by atoms with van der Waals surface area (Å²) in [6.07, 6.45) is 7.82.